The van der Waals surface area contributed by atoms with Gasteiger partial charge >= 0.3 is 17.7 Å². The predicted molar refractivity (Wildman–Crippen MR) is 353 cm³/mol. The average Bonchev–Trinajstić information content (AvgIpc) is 1.64. The number of aryl methyl sites for hydroxylation is 1. The number of carbonyl (C=O) groups excluding carboxylic acids is 3. The number of amides is 2. The Morgan fingerprint density at radius 2 is 0.883 bits per heavy atom. The molecule has 10 rings (SSSR count). The first-order chi connectivity index (χ1) is 45.4. The van der Waals surface area contributed by atoms with Crippen LogP contribution in [0.3, 0.4) is 0 Å². The Morgan fingerprint density at radius 3 is 1.26 bits per heavy atom. The maximum absolute atomic E-state index is 12.3. The van der Waals surface area contributed by atoms with Crippen molar-refractivity contribution >= 4 is 35.0 Å². The van der Waals surface area contributed by atoms with Crippen LogP contribution in [0, 0.1) is 6.92 Å². The number of oxazole rings is 1. The molecule has 0 saturated carbocycles. The number of hydrogen-bond acceptors (Lipinski definition) is 21. The lowest BCUT2D eigenvalue weighted by atomic mass is 10.1. The van der Waals surface area contributed by atoms with Crippen molar-refractivity contribution in [2.24, 2.45) is 0 Å². The van der Waals surface area contributed by atoms with E-state index in [0.717, 1.165) is 89.0 Å². The van der Waals surface area contributed by atoms with Crippen LogP contribution in [0.2, 0.25) is 0 Å². The van der Waals surface area contributed by atoms with Crippen LogP contribution in [0.5, 0.6) is 0 Å². The van der Waals surface area contributed by atoms with E-state index in [4.69, 9.17) is 24.5 Å². The molecule has 0 spiro atoms. The number of carboxylic acids is 1. The summed E-state index contributed by atoms with van der Waals surface area (Å²) in [6, 6.07) is 33.0. The number of carbonyl (C=O) groups is 4. The zero-order valence-electron chi connectivity index (χ0n) is 53.2. The predicted octanol–water partition coefficient (Wildman–Crippen LogP) is 7.73. The summed E-state index contributed by atoms with van der Waals surface area (Å²) in [4.78, 5) is 101. The van der Waals surface area contributed by atoms with Gasteiger partial charge in [0.05, 0.1) is 55.2 Å². The maximum atomic E-state index is 12.3. The molecule has 10 aromatic rings. The Kier molecular flexibility index (Phi) is 27.4. The molecule has 0 atom stereocenters. The van der Waals surface area contributed by atoms with Gasteiger partial charge < -0.3 is 50.0 Å². The van der Waals surface area contributed by atoms with Crippen molar-refractivity contribution in [2.75, 3.05) is 61.0 Å². The molecule has 94 heavy (non-hydrogen) atoms. The van der Waals surface area contributed by atoms with E-state index in [1.807, 2.05) is 108 Å². The number of nitrogens with one attached hydrogen (secondary N) is 2. The lowest BCUT2D eigenvalue weighted by Crippen LogP contribution is -2.25. The standard InChI is InChI=1S/C25H28N6O3.C18H24N4O2.C14H14N2O3.C12H10N2O3/c1-17-9-10-21-23(29-17)31(25(33)34-21)16-18-7-6-8-19(13-18)22-27-14-20(15-28-22)24(32)26-11-4-5-12-30(2)3;1-22(2)9-4-3-8-19-18(24)16-11-20-17(21-12-16)15-7-5-6-14(10-15)13-23;1-2-19-14(18)12-7-15-13(16-8-12)11-5-3-4-10(6-11)9-17;15-7-8-2-1-3-9(4-8)11-13-5-10(6-14-11)12(16)17/h6-10,13-15H,4-5,11-12,16H2,1-3H3,(H,26,32);5-7,10-12,23H,3-4,8-9,13H2,1-2H3,(H,19,24);3-8,17H,2,9H2,1H3;1-6,15H,7H2,(H,16,17). The van der Waals surface area contributed by atoms with E-state index < -0.39 is 17.7 Å². The Morgan fingerprint density at radius 1 is 0.511 bits per heavy atom. The van der Waals surface area contributed by atoms with Crippen LogP contribution in [0.4, 0.5) is 0 Å². The third kappa shape index (κ3) is 21.7. The van der Waals surface area contributed by atoms with Gasteiger partial charge in [0.2, 0.25) is 0 Å². The second-order valence-electron chi connectivity index (χ2n) is 21.7. The zero-order valence-corrected chi connectivity index (χ0v) is 53.2. The number of rotatable bonds is 24. The highest BCUT2D eigenvalue weighted by molar-refractivity contribution is 5.94. The van der Waals surface area contributed by atoms with Crippen molar-refractivity contribution in [3.63, 3.8) is 0 Å². The van der Waals surface area contributed by atoms with E-state index in [0.29, 0.717) is 77.5 Å². The number of aromatic carboxylic acids is 1. The zero-order chi connectivity index (χ0) is 67.4. The smallest absolute Gasteiger partial charge is 0.421 e. The third-order valence-corrected chi connectivity index (χ3v) is 13.8. The highest BCUT2D eigenvalue weighted by Gasteiger charge is 2.15. The number of pyridine rings is 1. The average molecular weight is 1280 g/mol. The first kappa shape index (κ1) is 70.8. The Hall–Kier alpha value is -10.7. The molecule has 0 aliphatic carbocycles. The van der Waals surface area contributed by atoms with Crippen LogP contribution in [-0.2, 0) is 31.1 Å². The first-order valence-electron chi connectivity index (χ1n) is 30.2. The van der Waals surface area contributed by atoms with Crippen LogP contribution in [0.1, 0.15) is 102 Å². The molecule has 0 saturated heterocycles. The van der Waals surface area contributed by atoms with Crippen molar-refractivity contribution in [2.45, 2.75) is 65.9 Å². The molecule has 6 N–H and O–H groups in total. The number of aromatic nitrogens is 10. The van der Waals surface area contributed by atoms with Crippen molar-refractivity contribution < 1.29 is 48.8 Å². The van der Waals surface area contributed by atoms with E-state index in [1.54, 1.807) is 43.3 Å². The largest absolute Gasteiger partial charge is 0.478 e. The summed E-state index contributed by atoms with van der Waals surface area (Å²) in [5.74, 6) is -0.301. The summed E-state index contributed by atoms with van der Waals surface area (Å²) in [5.41, 5.74) is 9.40. The lowest BCUT2D eigenvalue weighted by Gasteiger charge is -2.09. The number of benzene rings is 4. The Bertz CT molecular complexity index is 4130. The first-order valence-corrected chi connectivity index (χ1v) is 30.2. The molecule has 0 unspecified atom stereocenters. The fourth-order valence-electron chi connectivity index (χ4n) is 8.88. The minimum absolute atomic E-state index is 0.0256. The molecule has 0 radical (unpaired) electrons. The summed E-state index contributed by atoms with van der Waals surface area (Å²) in [5, 5.41) is 41.8. The van der Waals surface area contributed by atoms with E-state index in [1.165, 1.54) is 54.1 Å². The van der Waals surface area contributed by atoms with Crippen LogP contribution < -0.4 is 16.4 Å². The monoisotopic (exact) mass is 1280 g/mol. The van der Waals surface area contributed by atoms with Gasteiger partial charge in [-0.05, 0) is 139 Å². The van der Waals surface area contributed by atoms with Gasteiger partial charge in [-0.3, -0.25) is 14.2 Å². The van der Waals surface area contributed by atoms with Crippen molar-refractivity contribution in [1.82, 2.24) is 69.9 Å². The minimum Gasteiger partial charge on any atom is -0.478 e. The molecule has 0 aliphatic heterocycles. The van der Waals surface area contributed by atoms with Crippen LogP contribution >= 0.6 is 0 Å². The van der Waals surface area contributed by atoms with Gasteiger partial charge in [-0.2, -0.15) is 0 Å². The van der Waals surface area contributed by atoms with E-state index in [2.05, 4.69) is 65.3 Å². The van der Waals surface area contributed by atoms with Gasteiger partial charge in [-0.15, -0.1) is 0 Å². The van der Waals surface area contributed by atoms with Crippen LogP contribution in [0.25, 0.3) is 56.8 Å². The number of aliphatic hydroxyl groups is 3. The Balaban J connectivity index is 0.000000184. The second-order valence-corrected chi connectivity index (χ2v) is 21.7. The van der Waals surface area contributed by atoms with Gasteiger partial charge in [0.1, 0.15) is 0 Å². The summed E-state index contributed by atoms with van der Waals surface area (Å²) >= 11 is 0. The van der Waals surface area contributed by atoms with E-state index >= 15 is 0 Å². The third-order valence-electron chi connectivity index (χ3n) is 13.8. The SMILES string of the molecule is CCOC(=O)c1cnc(-c2cccc(CO)c2)nc1.CN(C)CCCCNC(=O)c1cnc(-c2cccc(CO)c2)nc1.Cc1ccc2oc(=O)n(Cc3cccc(-c4ncc(C(=O)NCCCCN(C)C)cn4)c3)c2n1.O=C(O)c1cnc(-c2cccc(CO)c2)nc1. The molecule has 25 heteroatoms. The molecular weight excluding hydrogens is 1200 g/mol. The molecule has 2 amide bonds. The second kappa shape index (κ2) is 36.4. The quantitative estimate of drug-likeness (QED) is 0.0249. The summed E-state index contributed by atoms with van der Waals surface area (Å²) < 4.78 is 11.7. The number of ether oxygens (including phenoxy) is 1. The van der Waals surface area contributed by atoms with Crippen LogP contribution in [-0.4, -0.2) is 164 Å². The molecule has 4 aromatic carbocycles. The highest BCUT2D eigenvalue weighted by atomic mass is 16.5. The van der Waals surface area contributed by atoms with Crippen molar-refractivity contribution in [1.29, 1.82) is 0 Å². The fraction of sp³-hybridized carbons (Fsp3) is 0.275. The fourth-order valence-corrected chi connectivity index (χ4v) is 8.88. The highest BCUT2D eigenvalue weighted by Crippen LogP contribution is 2.22. The molecule has 6 aromatic heterocycles. The molecule has 0 bridgehead atoms. The molecule has 6 heterocycles. The summed E-state index contributed by atoms with van der Waals surface area (Å²) in [7, 11) is 8.14. The maximum Gasteiger partial charge on any atom is 0.421 e. The number of aliphatic hydroxyl groups excluding tert-OH is 3. The van der Waals surface area contributed by atoms with Crippen molar-refractivity contribution in [3.05, 3.63) is 220 Å². The number of hydrogen-bond donors (Lipinski definition) is 6. The number of fused-ring (bicyclic) bond motifs is 1. The summed E-state index contributed by atoms with van der Waals surface area (Å²) in [6.45, 7) is 7.40. The van der Waals surface area contributed by atoms with E-state index in [-0.39, 0.29) is 37.2 Å². The number of nitrogens with zero attached hydrogens (tertiary/aromatic N) is 12. The number of esters is 1. The normalized spacial score (nSPS) is 10.8. The van der Waals surface area contributed by atoms with Gasteiger partial charge in [-0.25, -0.2) is 59.2 Å². The Labute approximate surface area is 543 Å². The van der Waals surface area contributed by atoms with E-state index in [9.17, 15) is 29.1 Å². The van der Waals surface area contributed by atoms with Crippen LogP contribution in [0.15, 0.2) is 168 Å². The van der Waals surface area contributed by atoms with Crippen molar-refractivity contribution in [3.8, 4) is 45.6 Å². The topological polar surface area (TPSA) is 340 Å². The number of carboxylic acid groups (broad SMARTS) is 1. The lowest BCUT2D eigenvalue weighted by molar-refractivity contribution is 0.0524. The van der Waals surface area contributed by atoms with Gasteiger partial charge in [0.15, 0.2) is 34.5 Å². The number of unbranched alkanes of at least 4 members (excludes halogenated alkanes) is 2. The molecular formula is C69H76N14O11. The molecule has 488 valence electrons. The minimum atomic E-state index is -1.05. The summed E-state index contributed by atoms with van der Waals surface area (Å²) in [6.07, 6.45) is 15.4. The van der Waals surface area contributed by atoms with Gasteiger partial charge in [0.25, 0.3) is 11.8 Å². The van der Waals surface area contributed by atoms with Gasteiger partial charge in [-0.1, -0.05) is 72.8 Å². The van der Waals surface area contributed by atoms with Gasteiger partial charge in [0, 0.05) is 90.6 Å². The molecule has 0 fully saturated rings. The molecule has 25 nitrogen and oxygen atoms in total. The molecule has 0 aliphatic rings.